The summed E-state index contributed by atoms with van der Waals surface area (Å²) in [7, 11) is 1.62. The van der Waals surface area contributed by atoms with E-state index in [4.69, 9.17) is 9.47 Å². The van der Waals surface area contributed by atoms with Crippen LogP contribution in [0.3, 0.4) is 0 Å². The molecule has 0 aromatic carbocycles. The summed E-state index contributed by atoms with van der Waals surface area (Å²) < 4.78 is 12.8. The van der Waals surface area contributed by atoms with Gasteiger partial charge in [-0.25, -0.2) is 19.5 Å². The fourth-order valence-electron chi connectivity index (χ4n) is 3.14. The third-order valence-corrected chi connectivity index (χ3v) is 4.63. The smallest absolute Gasteiger partial charge is 0.231 e. The second kappa shape index (κ2) is 7.15. The van der Waals surface area contributed by atoms with Gasteiger partial charge in [0.25, 0.3) is 0 Å². The predicted molar refractivity (Wildman–Crippen MR) is 96.7 cm³/mol. The van der Waals surface area contributed by atoms with Gasteiger partial charge in [-0.05, 0) is 31.7 Å². The molecular weight excluding hydrogens is 332 g/mol. The van der Waals surface area contributed by atoms with Crippen LogP contribution in [-0.2, 0) is 0 Å². The van der Waals surface area contributed by atoms with Crippen LogP contribution in [0.2, 0.25) is 0 Å². The van der Waals surface area contributed by atoms with Crippen molar-refractivity contribution < 1.29 is 9.47 Å². The number of aryl methyl sites for hydroxylation is 1. The lowest BCUT2D eigenvalue weighted by Crippen LogP contribution is -2.36. The quantitative estimate of drug-likeness (QED) is 0.694. The van der Waals surface area contributed by atoms with Gasteiger partial charge in [0, 0.05) is 19.2 Å². The summed E-state index contributed by atoms with van der Waals surface area (Å²) in [6, 6.07) is 3.81. The summed E-state index contributed by atoms with van der Waals surface area (Å²) in [4.78, 5) is 15.3. The first-order valence-corrected chi connectivity index (χ1v) is 8.78. The van der Waals surface area contributed by atoms with Crippen LogP contribution in [0, 0.1) is 12.8 Å². The average Bonchev–Trinajstić information content (AvgIpc) is 3.06. The van der Waals surface area contributed by atoms with Crippen molar-refractivity contribution in [3.63, 3.8) is 0 Å². The Morgan fingerprint density at radius 2 is 1.92 bits per heavy atom. The highest BCUT2D eigenvalue weighted by Gasteiger charge is 2.21. The lowest BCUT2D eigenvalue weighted by molar-refractivity contribution is 0.213. The van der Waals surface area contributed by atoms with E-state index in [-0.39, 0.29) is 0 Å². The van der Waals surface area contributed by atoms with Gasteiger partial charge in [0.2, 0.25) is 11.8 Å². The molecule has 3 aromatic rings. The molecule has 136 valence electrons. The zero-order valence-corrected chi connectivity index (χ0v) is 15.0. The van der Waals surface area contributed by atoms with Crippen molar-refractivity contribution in [3.05, 3.63) is 36.4 Å². The molecule has 0 N–H and O–H groups in total. The highest BCUT2D eigenvalue weighted by molar-refractivity contribution is 5.39. The van der Waals surface area contributed by atoms with Gasteiger partial charge in [-0.1, -0.05) is 0 Å². The summed E-state index contributed by atoms with van der Waals surface area (Å²) in [5, 5.41) is 4.45. The minimum absolute atomic E-state index is 0.506. The molecular formula is C18H22N6O2. The molecule has 0 aliphatic carbocycles. The van der Waals surface area contributed by atoms with E-state index < -0.39 is 0 Å². The van der Waals surface area contributed by atoms with Gasteiger partial charge in [-0.15, -0.1) is 5.10 Å². The first-order valence-electron chi connectivity index (χ1n) is 8.78. The lowest BCUT2D eigenvalue weighted by Gasteiger charge is -2.31. The van der Waals surface area contributed by atoms with Gasteiger partial charge >= 0.3 is 0 Å². The van der Waals surface area contributed by atoms with Crippen molar-refractivity contribution in [3.8, 4) is 11.6 Å². The normalized spacial score (nSPS) is 15.4. The van der Waals surface area contributed by atoms with Gasteiger partial charge < -0.3 is 14.4 Å². The number of nitrogens with zero attached hydrogens (tertiary/aromatic N) is 6. The molecule has 0 saturated carbocycles. The van der Waals surface area contributed by atoms with Crippen molar-refractivity contribution in [1.29, 1.82) is 0 Å². The molecule has 3 aromatic heterocycles. The third-order valence-electron chi connectivity index (χ3n) is 4.63. The molecule has 1 aliphatic heterocycles. The molecule has 8 nitrogen and oxygen atoms in total. The molecule has 0 radical (unpaired) electrons. The zero-order valence-electron chi connectivity index (χ0n) is 15.0. The van der Waals surface area contributed by atoms with Crippen molar-refractivity contribution in [2.24, 2.45) is 5.92 Å². The van der Waals surface area contributed by atoms with E-state index in [2.05, 4.69) is 25.0 Å². The Morgan fingerprint density at radius 3 is 2.65 bits per heavy atom. The fraction of sp³-hybridized carbons (Fsp3) is 0.444. The molecule has 0 bridgehead atoms. The monoisotopic (exact) mass is 354 g/mol. The summed E-state index contributed by atoms with van der Waals surface area (Å²) in [6.45, 7) is 4.47. The maximum atomic E-state index is 5.91. The van der Waals surface area contributed by atoms with Gasteiger partial charge in [-0.2, -0.15) is 0 Å². The van der Waals surface area contributed by atoms with Crippen LogP contribution in [0.4, 0.5) is 5.95 Å². The van der Waals surface area contributed by atoms with Gasteiger partial charge in [0.1, 0.15) is 0 Å². The van der Waals surface area contributed by atoms with E-state index in [9.17, 15) is 0 Å². The first kappa shape index (κ1) is 16.6. The number of hydrogen-bond donors (Lipinski definition) is 0. The average molecular weight is 354 g/mol. The standard InChI is InChI=1S/C18H22N6O2/c1-13-11-24-16(21-13)3-4-17(22-24)26-12-14-5-7-23(8-6-14)18-19-9-15(25-2)10-20-18/h3-4,9-11,14H,5-8,12H2,1-2H3. The number of piperidine rings is 1. The Morgan fingerprint density at radius 1 is 1.15 bits per heavy atom. The maximum absolute atomic E-state index is 5.91. The SMILES string of the molecule is COc1cnc(N2CCC(COc3ccc4nc(C)cn4n3)CC2)nc1. The van der Waals surface area contributed by atoms with Gasteiger partial charge in [0.05, 0.1) is 38.0 Å². The summed E-state index contributed by atoms with van der Waals surface area (Å²) in [5.41, 5.74) is 1.78. The fourth-order valence-corrected chi connectivity index (χ4v) is 3.14. The van der Waals surface area contributed by atoms with Crippen molar-refractivity contribution in [1.82, 2.24) is 24.6 Å². The van der Waals surface area contributed by atoms with Crippen LogP contribution in [0.5, 0.6) is 11.6 Å². The van der Waals surface area contributed by atoms with E-state index in [0.29, 0.717) is 24.2 Å². The van der Waals surface area contributed by atoms with Gasteiger partial charge in [-0.3, -0.25) is 0 Å². The third kappa shape index (κ3) is 3.54. The van der Waals surface area contributed by atoms with Crippen LogP contribution in [0.15, 0.2) is 30.7 Å². The largest absolute Gasteiger partial charge is 0.494 e. The van der Waals surface area contributed by atoms with E-state index >= 15 is 0 Å². The number of rotatable bonds is 5. The topological polar surface area (TPSA) is 77.7 Å². The molecule has 1 fully saturated rings. The van der Waals surface area contributed by atoms with Crippen LogP contribution in [-0.4, -0.2) is 51.4 Å². The number of ether oxygens (including phenoxy) is 2. The number of anilines is 1. The Bertz CT molecular complexity index is 871. The van der Waals surface area contributed by atoms with E-state index in [0.717, 1.165) is 43.2 Å². The molecule has 26 heavy (non-hydrogen) atoms. The Kier molecular flexibility index (Phi) is 4.55. The van der Waals surface area contributed by atoms with Crippen LogP contribution in [0.1, 0.15) is 18.5 Å². The Hall–Kier alpha value is -2.90. The van der Waals surface area contributed by atoms with Crippen molar-refractivity contribution >= 4 is 11.6 Å². The number of hydrogen-bond acceptors (Lipinski definition) is 7. The van der Waals surface area contributed by atoms with Crippen molar-refractivity contribution in [2.45, 2.75) is 19.8 Å². The maximum Gasteiger partial charge on any atom is 0.231 e. The van der Waals surface area contributed by atoms with Crippen LogP contribution < -0.4 is 14.4 Å². The second-order valence-electron chi connectivity index (χ2n) is 6.52. The predicted octanol–water partition coefficient (Wildman–Crippen LogP) is 2.13. The van der Waals surface area contributed by atoms with E-state index in [1.54, 1.807) is 24.0 Å². The number of fused-ring (bicyclic) bond motifs is 1. The molecule has 8 heteroatoms. The van der Waals surface area contributed by atoms with E-state index in [1.165, 1.54) is 0 Å². The van der Waals surface area contributed by atoms with Crippen LogP contribution >= 0.6 is 0 Å². The summed E-state index contributed by atoms with van der Waals surface area (Å²) in [5.74, 6) is 2.57. The molecule has 1 saturated heterocycles. The molecule has 1 aliphatic rings. The van der Waals surface area contributed by atoms with Crippen molar-refractivity contribution in [2.75, 3.05) is 31.7 Å². The number of imidazole rings is 1. The highest BCUT2D eigenvalue weighted by Crippen LogP contribution is 2.22. The second-order valence-corrected chi connectivity index (χ2v) is 6.52. The summed E-state index contributed by atoms with van der Waals surface area (Å²) >= 11 is 0. The molecule has 4 heterocycles. The highest BCUT2D eigenvalue weighted by atomic mass is 16.5. The number of methoxy groups -OCH3 is 1. The lowest BCUT2D eigenvalue weighted by atomic mass is 9.98. The minimum Gasteiger partial charge on any atom is -0.494 e. The summed E-state index contributed by atoms with van der Waals surface area (Å²) in [6.07, 6.45) is 7.40. The van der Waals surface area contributed by atoms with E-state index in [1.807, 2.05) is 25.3 Å². The molecule has 0 unspecified atom stereocenters. The first-order chi connectivity index (χ1) is 12.7. The number of aromatic nitrogens is 5. The molecule has 4 rings (SSSR count). The van der Waals surface area contributed by atoms with Crippen LogP contribution in [0.25, 0.3) is 5.65 Å². The molecule has 0 amide bonds. The molecule has 0 atom stereocenters. The molecule has 0 spiro atoms. The Balaban J connectivity index is 1.30. The Labute approximate surface area is 151 Å². The van der Waals surface area contributed by atoms with Gasteiger partial charge in [0.15, 0.2) is 11.4 Å². The minimum atomic E-state index is 0.506. The zero-order chi connectivity index (χ0) is 17.9.